The van der Waals surface area contributed by atoms with Gasteiger partial charge in [-0.3, -0.25) is 14.4 Å². The lowest BCUT2D eigenvalue weighted by Gasteiger charge is -2.40. The molecular weight excluding hydrogens is 973 g/mol. The van der Waals surface area contributed by atoms with Crippen molar-refractivity contribution in [2.75, 3.05) is 13.2 Å². The van der Waals surface area contributed by atoms with Crippen LogP contribution in [0.4, 0.5) is 0 Å². The van der Waals surface area contributed by atoms with E-state index in [9.17, 15) is 34.5 Å². The van der Waals surface area contributed by atoms with E-state index in [4.69, 9.17) is 23.7 Å². The maximum atomic E-state index is 13.2. The molecule has 1 aliphatic heterocycles. The van der Waals surface area contributed by atoms with Crippen molar-refractivity contribution >= 4 is 23.9 Å². The fourth-order valence-electron chi connectivity index (χ4n) is 8.57. The highest BCUT2D eigenvalue weighted by molar-refractivity contribution is 5.74. The summed E-state index contributed by atoms with van der Waals surface area (Å²) in [7, 11) is 0. The quantitative estimate of drug-likeness (QED) is 0.0228. The third-order valence-electron chi connectivity index (χ3n) is 13.1. The third-order valence-corrected chi connectivity index (χ3v) is 13.1. The normalized spacial score (nSPS) is 18.7. The fraction of sp³-hybridized carbons (Fsp3) is 0.692. The van der Waals surface area contributed by atoms with Crippen molar-refractivity contribution in [1.82, 2.24) is 0 Å². The number of carboxylic acid groups (broad SMARTS) is 1. The van der Waals surface area contributed by atoms with Gasteiger partial charge in [0.05, 0.1) is 6.61 Å². The zero-order valence-corrected chi connectivity index (χ0v) is 48.2. The number of aliphatic carboxylic acids is 1. The highest BCUT2D eigenvalue weighted by Crippen LogP contribution is 2.26. The van der Waals surface area contributed by atoms with Crippen LogP contribution in [0, 0.1) is 0 Å². The van der Waals surface area contributed by atoms with E-state index in [1.807, 2.05) is 18.2 Å². The zero-order chi connectivity index (χ0) is 56.1. The molecule has 6 unspecified atom stereocenters. The van der Waals surface area contributed by atoms with Gasteiger partial charge in [0, 0.05) is 19.3 Å². The van der Waals surface area contributed by atoms with Crippen LogP contribution in [0.5, 0.6) is 0 Å². The summed E-state index contributed by atoms with van der Waals surface area (Å²) in [6.45, 7) is 5.71. The van der Waals surface area contributed by atoms with E-state index in [0.29, 0.717) is 25.7 Å². The fourth-order valence-corrected chi connectivity index (χ4v) is 8.57. The molecule has 1 fully saturated rings. The highest BCUT2D eigenvalue weighted by atomic mass is 16.7. The minimum atomic E-state index is -1.93. The molecule has 77 heavy (non-hydrogen) atoms. The highest BCUT2D eigenvalue weighted by Gasteiger charge is 2.50. The van der Waals surface area contributed by atoms with E-state index in [2.05, 4.69) is 99.8 Å². The Balaban J connectivity index is 2.71. The summed E-state index contributed by atoms with van der Waals surface area (Å²) in [5.41, 5.74) is 0. The summed E-state index contributed by atoms with van der Waals surface area (Å²) in [4.78, 5) is 51.1. The van der Waals surface area contributed by atoms with Gasteiger partial charge >= 0.3 is 23.9 Å². The summed E-state index contributed by atoms with van der Waals surface area (Å²) in [6.07, 6.45) is 56.8. The van der Waals surface area contributed by atoms with Crippen LogP contribution < -0.4 is 0 Å². The molecule has 1 heterocycles. The number of unbranched alkanes of at least 4 members (excludes halogenated alkanes) is 20. The number of carbonyl (C=O) groups excluding carboxylic acids is 3. The van der Waals surface area contributed by atoms with Crippen molar-refractivity contribution in [3.05, 3.63) is 97.2 Å². The molecule has 0 aromatic heterocycles. The molecule has 12 heteroatoms. The van der Waals surface area contributed by atoms with Crippen molar-refractivity contribution in [3.63, 3.8) is 0 Å². The van der Waals surface area contributed by atoms with E-state index in [1.165, 1.54) is 83.5 Å². The first-order chi connectivity index (χ1) is 37.6. The van der Waals surface area contributed by atoms with E-state index < -0.39 is 67.3 Å². The Morgan fingerprint density at radius 1 is 0.442 bits per heavy atom. The lowest BCUT2D eigenvalue weighted by Crippen LogP contribution is -2.61. The molecule has 0 spiro atoms. The van der Waals surface area contributed by atoms with Crippen molar-refractivity contribution in [1.29, 1.82) is 0 Å². The second-order valence-corrected chi connectivity index (χ2v) is 20.2. The Labute approximate surface area is 466 Å². The molecule has 6 atom stereocenters. The molecule has 0 aliphatic carbocycles. The first kappa shape index (κ1) is 70.7. The number of allylic oxidation sites excluding steroid dienone is 16. The van der Waals surface area contributed by atoms with Crippen LogP contribution in [0.15, 0.2) is 97.2 Å². The first-order valence-corrected chi connectivity index (χ1v) is 30.2. The minimum Gasteiger partial charge on any atom is -0.479 e. The van der Waals surface area contributed by atoms with Crippen LogP contribution in [0.2, 0.25) is 0 Å². The number of hydrogen-bond acceptors (Lipinski definition) is 11. The summed E-state index contributed by atoms with van der Waals surface area (Å²) >= 11 is 0. The molecule has 0 bridgehead atoms. The van der Waals surface area contributed by atoms with Gasteiger partial charge in [-0.2, -0.15) is 0 Å². The van der Waals surface area contributed by atoms with Gasteiger partial charge in [-0.15, -0.1) is 0 Å². The Hall–Kier alpha value is -4.36. The van der Waals surface area contributed by atoms with E-state index >= 15 is 0 Å². The lowest BCUT2D eigenvalue weighted by molar-refractivity contribution is -0.301. The number of hydrogen-bond donors (Lipinski definition) is 3. The van der Waals surface area contributed by atoms with E-state index in [1.54, 1.807) is 0 Å². The van der Waals surface area contributed by atoms with Gasteiger partial charge in [-0.05, 0) is 103 Å². The van der Waals surface area contributed by atoms with Crippen LogP contribution in [0.3, 0.4) is 0 Å². The lowest BCUT2D eigenvalue weighted by atomic mass is 9.98. The number of aliphatic hydroxyl groups is 2. The molecule has 1 saturated heterocycles. The van der Waals surface area contributed by atoms with Gasteiger partial charge in [0.15, 0.2) is 24.6 Å². The SMILES string of the molecule is CC/C=C\C/C=C\C/C=C\C/C=C\CCC(=O)OC1C(OCC(COC(=O)CCCCCCCCCCC/C=C\CCCCCCCC)OC(=O)CCCCCCC/C=C\C/C=C\C/C=C\CC)OC(C(=O)O)C(O)C1O. The maximum Gasteiger partial charge on any atom is 0.335 e. The molecule has 0 saturated carbocycles. The Kier molecular flexibility index (Phi) is 48.0. The van der Waals surface area contributed by atoms with Gasteiger partial charge in [0.1, 0.15) is 18.8 Å². The molecule has 0 aromatic carbocycles. The molecule has 0 aromatic rings. The van der Waals surface area contributed by atoms with Crippen molar-refractivity contribution in [2.24, 2.45) is 0 Å². The van der Waals surface area contributed by atoms with Crippen LogP contribution in [0.25, 0.3) is 0 Å². The molecule has 1 rings (SSSR count). The standard InChI is InChI=1S/C65H106O12/c1-4-7-10-13-16-19-22-25-27-28-29-30-32-34-36-39-42-45-48-51-57(66)73-54-56(75-58(67)52-49-46-43-40-38-35-31-26-23-20-17-14-11-8-5-2)55-74-65-63(61(70)60(69)62(77-65)64(71)72)76-59(68)53-50-47-44-41-37-33-24-21-18-15-12-9-6-3/h8-9,11-12,17-18,20-21,25-27,31,33,37,44,47,56,60-63,65,69-70H,4-7,10,13-16,19,22-24,28-30,32,34-36,38-43,45-46,48-55H2,1-3H3,(H,71,72)/b11-8-,12-9-,20-17-,21-18-,27-25-,31-26-,37-33-,47-44-. The molecular formula is C65H106O12. The van der Waals surface area contributed by atoms with Crippen molar-refractivity contribution in [3.8, 4) is 0 Å². The zero-order valence-electron chi connectivity index (χ0n) is 48.2. The van der Waals surface area contributed by atoms with Crippen LogP contribution >= 0.6 is 0 Å². The third kappa shape index (κ3) is 42.3. The average Bonchev–Trinajstić information content (AvgIpc) is 3.42. The number of esters is 3. The molecule has 12 nitrogen and oxygen atoms in total. The first-order valence-electron chi connectivity index (χ1n) is 30.2. The van der Waals surface area contributed by atoms with E-state index in [-0.39, 0.29) is 25.9 Å². The molecule has 1 aliphatic rings. The van der Waals surface area contributed by atoms with Crippen LogP contribution in [-0.2, 0) is 42.9 Å². The predicted molar refractivity (Wildman–Crippen MR) is 312 cm³/mol. The van der Waals surface area contributed by atoms with E-state index in [0.717, 1.165) is 89.9 Å². The molecule has 0 radical (unpaired) electrons. The number of ether oxygens (including phenoxy) is 5. The second kappa shape index (κ2) is 52.3. The van der Waals surface area contributed by atoms with Crippen molar-refractivity contribution in [2.45, 2.75) is 276 Å². The van der Waals surface area contributed by atoms with Gasteiger partial charge in [-0.1, -0.05) is 214 Å². The summed E-state index contributed by atoms with van der Waals surface area (Å²) in [5.74, 6) is -3.26. The molecule has 0 amide bonds. The number of rotatable bonds is 50. The Morgan fingerprint density at radius 2 is 0.844 bits per heavy atom. The summed E-state index contributed by atoms with van der Waals surface area (Å²) < 4.78 is 28.3. The minimum absolute atomic E-state index is 0.0665. The number of carbonyl (C=O) groups is 4. The summed E-state index contributed by atoms with van der Waals surface area (Å²) in [6, 6.07) is 0. The van der Waals surface area contributed by atoms with Gasteiger partial charge in [0.2, 0.25) is 0 Å². The van der Waals surface area contributed by atoms with Crippen LogP contribution in [-0.4, -0.2) is 89.2 Å². The topological polar surface area (TPSA) is 175 Å². The summed E-state index contributed by atoms with van der Waals surface area (Å²) in [5, 5.41) is 31.4. The predicted octanol–water partition coefficient (Wildman–Crippen LogP) is 15.7. The smallest absolute Gasteiger partial charge is 0.335 e. The van der Waals surface area contributed by atoms with Crippen LogP contribution in [0.1, 0.15) is 239 Å². The Morgan fingerprint density at radius 3 is 1.31 bits per heavy atom. The monoisotopic (exact) mass is 1080 g/mol. The van der Waals surface area contributed by atoms with Gasteiger partial charge in [0.25, 0.3) is 0 Å². The maximum absolute atomic E-state index is 13.2. The van der Waals surface area contributed by atoms with Crippen molar-refractivity contribution < 1.29 is 58.2 Å². The van der Waals surface area contributed by atoms with Gasteiger partial charge in [-0.25, -0.2) is 4.79 Å². The Bertz CT molecular complexity index is 1710. The second-order valence-electron chi connectivity index (χ2n) is 20.2. The average molecular weight is 1080 g/mol. The van der Waals surface area contributed by atoms with Gasteiger partial charge < -0.3 is 39.0 Å². The number of aliphatic hydroxyl groups excluding tert-OH is 2. The number of carboxylic acids is 1. The molecule has 438 valence electrons. The largest absolute Gasteiger partial charge is 0.479 e. The molecule has 3 N–H and O–H groups in total.